The van der Waals surface area contributed by atoms with Crippen molar-refractivity contribution in [1.29, 1.82) is 0 Å². The fourth-order valence-corrected chi connectivity index (χ4v) is 1.48. The molecule has 0 radical (unpaired) electrons. The van der Waals surface area contributed by atoms with E-state index in [1.807, 2.05) is 0 Å². The van der Waals surface area contributed by atoms with Crippen LogP contribution in [0, 0.1) is 0 Å². The Morgan fingerprint density at radius 3 is 2.30 bits per heavy atom. The Hall–Kier alpha value is -2.22. The van der Waals surface area contributed by atoms with Crippen molar-refractivity contribution in [3.05, 3.63) is 40.6 Å². The quantitative estimate of drug-likeness (QED) is 0.745. The highest BCUT2D eigenvalue weighted by Crippen LogP contribution is 2.36. The molecule has 1 rings (SSSR count). The third-order valence-corrected chi connectivity index (χ3v) is 2.38. The summed E-state index contributed by atoms with van der Waals surface area (Å²) < 4.78 is 37.8. The maximum Gasteiger partial charge on any atom is 0.417 e. The van der Waals surface area contributed by atoms with Crippen LogP contribution < -0.4 is 5.32 Å². The largest absolute Gasteiger partial charge is 0.478 e. The van der Waals surface area contributed by atoms with Gasteiger partial charge in [-0.15, -0.1) is 0 Å². The van der Waals surface area contributed by atoms with E-state index in [2.05, 4.69) is 5.32 Å². The lowest BCUT2D eigenvalue weighted by atomic mass is 10.2. The van der Waals surface area contributed by atoms with Gasteiger partial charge in [0.25, 0.3) is 0 Å². The molecule has 0 unspecified atom stereocenters. The predicted octanol–water partition coefficient (Wildman–Crippen LogP) is 2.82. The van der Waals surface area contributed by atoms with Crippen molar-refractivity contribution in [2.24, 2.45) is 0 Å². The van der Waals surface area contributed by atoms with Crippen LogP contribution in [0.15, 0.2) is 30.0 Å². The van der Waals surface area contributed by atoms with Crippen molar-refractivity contribution in [1.82, 2.24) is 0 Å². The van der Waals surface area contributed by atoms with Gasteiger partial charge in [-0.05, 0) is 18.2 Å². The molecule has 0 spiro atoms. The smallest absolute Gasteiger partial charge is 0.417 e. The Morgan fingerprint density at radius 2 is 1.85 bits per heavy atom. The van der Waals surface area contributed by atoms with Crippen molar-refractivity contribution >= 4 is 29.2 Å². The van der Waals surface area contributed by atoms with Crippen LogP contribution in [0.5, 0.6) is 0 Å². The molecular weight excluding hydrogens is 303 g/mol. The number of hydrogen-bond donors (Lipinski definition) is 3. The molecule has 1 aromatic carbocycles. The molecule has 0 aliphatic rings. The molecule has 1 aromatic rings. The third-order valence-electron chi connectivity index (χ3n) is 2.05. The maximum absolute atomic E-state index is 12.6. The van der Waals surface area contributed by atoms with Crippen LogP contribution in [0.1, 0.15) is 5.56 Å². The van der Waals surface area contributed by atoms with Crippen LogP contribution in [-0.2, 0) is 15.8 Å². The molecule has 9 heteroatoms. The van der Waals surface area contributed by atoms with E-state index in [4.69, 9.17) is 21.8 Å². The van der Waals surface area contributed by atoms with Gasteiger partial charge in [-0.2, -0.15) is 13.2 Å². The number of benzene rings is 1. The first-order valence-corrected chi connectivity index (χ1v) is 5.30. The zero-order valence-corrected chi connectivity index (χ0v) is 10.3. The zero-order chi connectivity index (χ0) is 15.5. The van der Waals surface area contributed by atoms with Crippen LogP contribution in [0.4, 0.5) is 18.9 Å². The monoisotopic (exact) mass is 309 g/mol. The number of rotatable bonds is 4. The molecule has 0 amide bonds. The van der Waals surface area contributed by atoms with Crippen LogP contribution >= 0.6 is 11.6 Å². The topological polar surface area (TPSA) is 86.6 Å². The Labute approximate surface area is 115 Å². The average Bonchev–Trinajstić information content (AvgIpc) is 2.28. The fraction of sp³-hybridized carbons (Fsp3) is 0.0909. The lowest BCUT2D eigenvalue weighted by Crippen LogP contribution is -2.13. The summed E-state index contributed by atoms with van der Waals surface area (Å²) in [7, 11) is 0. The number of hydrogen-bond acceptors (Lipinski definition) is 3. The molecule has 20 heavy (non-hydrogen) atoms. The second-order valence-corrected chi connectivity index (χ2v) is 3.93. The average molecular weight is 310 g/mol. The second-order valence-electron chi connectivity index (χ2n) is 3.52. The Kier molecular flexibility index (Phi) is 4.61. The Bertz CT molecular complexity index is 584. The van der Waals surface area contributed by atoms with Crippen molar-refractivity contribution in [3.8, 4) is 0 Å². The lowest BCUT2D eigenvalue weighted by molar-refractivity contribution is -0.137. The minimum Gasteiger partial charge on any atom is -0.478 e. The highest BCUT2D eigenvalue weighted by molar-refractivity contribution is 6.31. The lowest BCUT2D eigenvalue weighted by Gasteiger charge is -2.12. The molecule has 0 saturated carbocycles. The first-order chi connectivity index (χ1) is 9.11. The van der Waals surface area contributed by atoms with Crippen LogP contribution in [-0.4, -0.2) is 22.2 Å². The van der Waals surface area contributed by atoms with Gasteiger partial charge in [0, 0.05) is 5.69 Å². The molecule has 5 nitrogen and oxygen atoms in total. The van der Waals surface area contributed by atoms with Gasteiger partial charge >= 0.3 is 18.1 Å². The van der Waals surface area contributed by atoms with Gasteiger partial charge in [-0.1, -0.05) is 11.6 Å². The Morgan fingerprint density at radius 1 is 1.25 bits per heavy atom. The molecule has 0 saturated heterocycles. The summed E-state index contributed by atoms with van der Waals surface area (Å²) in [5, 5.41) is 18.7. The van der Waals surface area contributed by atoms with Gasteiger partial charge in [0.1, 0.15) is 5.70 Å². The molecule has 0 aliphatic carbocycles. The minimum absolute atomic E-state index is 0.253. The normalized spacial score (nSPS) is 12.1. The number of nitrogens with one attached hydrogen (secondary N) is 1. The van der Waals surface area contributed by atoms with Gasteiger partial charge in [0.05, 0.1) is 16.7 Å². The van der Waals surface area contributed by atoms with Crippen LogP contribution in [0.3, 0.4) is 0 Å². The number of alkyl halides is 3. The molecule has 0 aliphatic heterocycles. The molecule has 108 valence electrons. The number of aliphatic carboxylic acids is 2. The summed E-state index contributed by atoms with van der Waals surface area (Å²) >= 11 is 5.39. The van der Waals surface area contributed by atoms with E-state index in [9.17, 15) is 22.8 Å². The predicted molar refractivity (Wildman–Crippen MR) is 63.4 cm³/mol. The van der Waals surface area contributed by atoms with Gasteiger partial charge in [-0.25, -0.2) is 9.59 Å². The zero-order valence-electron chi connectivity index (χ0n) is 9.53. The fourth-order valence-electron chi connectivity index (χ4n) is 1.25. The minimum atomic E-state index is -4.71. The summed E-state index contributed by atoms with van der Waals surface area (Å²) in [5.74, 6) is -3.18. The summed E-state index contributed by atoms with van der Waals surface area (Å²) in [6.45, 7) is 0. The van der Waals surface area contributed by atoms with Crippen molar-refractivity contribution in [2.75, 3.05) is 5.32 Å². The second kappa shape index (κ2) is 5.83. The van der Waals surface area contributed by atoms with Gasteiger partial charge in [0.2, 0.25) is 0 Å². The van der Waals surface area contributed by atoms with Crippen molar-refractivity contribution in [2.45, 2.75) is 6.18 Å². The van der Waals surface area contributed by atoms with E-state index in [0.29, 0.717) is 12.1 Å². The summed E-state index contributed by atoms with van der Waals surface area (Å²) in [5.41, 5.74) is -2.20. The first kappa shape index (κ1) is 15.8. The van der Waals surface area contributed by atoms with E-state index in [0.717, 1.165) is 12.1 Å². The number of carboxylic acids is 2. The first-order valence-electron chi connectivity index (χ1n) is 4.93. The van der Waals surface area contributed by atoms with E-state index >= 15 is 0 Å². The number of anilines is 1. The number of carbonyl (C=O) groups is 2. The standard InChI is InChI=1S/C11H7ClF3NO4/c12-7-2-1-5(3-6(7)11(13,14)15)16-8(10(19)20)4-9(17)18/h1-4,16H,(H,17,18)(H,19,20)/b8-4-. The molecular formula is C11H7ClF3NO4. The highest BCUT2D eigenvalue weighted by atomic mass is 35.5. The molecule has 0 aromatic heterocycles. The summed E-state index contributed by atoms with van der Waals surface area (Å²) in [6, 6.07) is 2.60. The van der Waals surface area contributed by atoms with Gasteiger partial charge in [0.15, 0.2) is 0 Å². The van der Waals surface area contributed by atoms with E-state index < -0.39 is 34.4 Å². The molecule has 0 bridgehead atoms. The molecule has 0 atom stereocenters. The van der Waals surface area contributed by atoms with Crippen LogP contribution in [0.2, 0.25) is 5.02 Å². The maximum atomic E-state index is 12.6. The third kappa shape index (κ3) is 4.16. The van der Waals surface area contributed by atoms with Gasteiger partial charge < -0.3 is 15.5 Å². The van der Waals surface area contributed by atoms with Crippen LogP contribution in [0.25, 0.3) is 0 Å². The van der Waals surface area contributed by atoms with Crippen molar-refractivity contribution < 1.29 is 33.0 Å². The summed E-state index contributed by atoms with van der Waals surface area (Å²) in [6.07, 6.45) is -4.39. The highest BCUT2D eigenvalue weighted by Gasteiger charge is 2.33. The number of carboxylic acid groups (broad SMARTS) is 2. The van der Waals surface area contributed by atoms with Crippen molar-refractivity contribution in [3.63, 3.8) is 0 Å². The van der Waals surface area contributed by atoms with E-state index in [1.54, 1.807) is 0 Å². The number of halogens is 4. The summed E-state index contributed by atoms with van der Waals surface area (Å²) in [4.78, 5) is 21.1. The van der Waals surface area contributed by atoms with E-state index in [1.165, 1.54) is 0 Å². The molecule has 0 fully saturated rings. The molecule has 3 N–H and O–H groups in total. The molecule has 0 heterocycles. The van der Waals surface area contributed by atoms with E-state index in [-0.39, 0.29) is 5.69 Å². The SMILES string of the molecule is O=C(O)/C=C(\Nc1ccc(Cl)c(C(F)(F)F)c1)C(=O)O. The Balaban J connectivity index is 3.16. The van der Waals surface area contributed by atoms with Gasteiger partial charge in [-0.3, -0.25) is 0 Å².